The van der Waals surface area contributed by atoms with Crippen LogP contribution in [0.5, 0.6) is 0 Å². The molecule has 0 spiro atoms. The Morgan fingerprint density at radius 2 is 1.53 bits per heavy atom. The molecule has 0 bridgehead atoms. The number of hydrogen-bond donors (Lipinski definition) is 0. The van der Waals surface area contributed by atoms with Gasteiger partial charge in [-0.2, -0.15) is 0 Å². The Balaban J connectivity index is 4.04. The molecule has 0 aliphatic carbocycles. The minimum atomic E-state index is 0.810. The standard InChI is InChI=1S/C15H30/c1-8-12(4)9-10-13(5)15(7)14(6)11(2)3/h8,11,13-15H,9-10H2,1-7H3. The predicted molar refractivity (Wildman–Crippen MR) is 71.0 cm³/mol. The molecular formula is C15H30. The first-order valence-electron chi connectivity index (χ1n) is 6.51. The first kappa shape index (κ1) is 14.7. The van der Waals surface area contributed by atoms with E-state index in [9.17, 15) is 0 Å². The van der Waals surface area contributed by atoms with Gasteiger partial charge < -0.3 is 0 Å². The lowest BCUT2D eigenvalue weighted by Crippen LogP contribution is -2.20. The molecule has 0 heteroatoms. The number of rotatable bonds is 6. The molecule has 90 valence electrons. The van der Waals surface area contributed by atoms with Gasteiger partial charge in [-0.1, -0.05) is 46.3 Å². The summed E-state index contributed by atoms with van der Waals surface area (Å²) in [5.74, 6) is 3.34. The van der Waals surface area contributed by atoms with Crippen molar-refractivity contribution in [2.24, 2.45) is 23.7 Å². The highest BCUT2D eigenvalue weighted by molar-refractivity contribution is 4.95. The van der Waals surface area contributed by atoms with Gasteiger partial charge in [-0.25, -0.2) is 0 Å². The molecule has 0 aliphatic rings. The largest absolute Gasteiger partial charge is 0.0887 e. The topological polar surface area (TPSA) is 0 Å². The lowest BCUT2D eigenvalue weighted by molar-refractivity contribution is 0.215. The van der Waals surface area contributed by atoms with E-state index in [4.69, 9.17) is 0 Å². The molecule has 3 atom stereocenters. The van der Waals surface area contributed by atoms with Crippen molar-refractivity contribution in [1.82, 2.24) is 0 Å². The third kappa shape index (κ3) is 5.39. The van der Waals surface area contributed by atoms with Crippen LogP contribution in [0.4, 0.5) is 0 Å². The normalized spacial score (nSPS) is 19.1. The third-order valence-electron chi connectivity index (χ3n) is 4.27. The van der Waals surface area contributed by atoms with Gasteiger partial charge in [0.2, 0.25) is 0 Å². The van der Waals surface area contributed by atoms with Crippen LogP contribution in [0.15, 0.2) is 11.6 Å². The van der Waals surface area contributed by atoms with Gasteiger partial charge in [0.05, 0.1) is 0 Å². The van der Waals surface area contributed by atoms with Gasteiger partial charge in [0.25, 0.3) is 0 Å². The molecule has 3 unspecified atom stereocenters. The molecule has 0 rings (SSSR count). The van der Waals surface area contributed by atoms with Crippen LogP contribution < -0.4 is 0 Å². The smallest absolute Gasteiger partial charge is 0.0321 e. The van der Waals surface area contributed by atoms with Gasteiger partial charge in [-0.3, -0.25) is 0 Å². The number of allylic oxidation sites excluding steroid dienone is 2. The fraction of sp³-hybridized carbons (Fsp3) is 0.867. The second-order valence-electron chi connectivity index (χ2n) is 5.61. The zero-order valence-corrected chi connectivity index (χ0v) is 11.8. The molecule has 0 aromatic rings. The van der Waals surface area contributed by atoms with E-state index in [0.717, 1.165) is 23.7 Å². The van der Waals surface area contributed by atoms with Crippen LogP contribution in [-0.4, -0.2) is 0 Å². The van der Waals surface area contributed by atoms with Crippen LogP contribution in [0.3, 0.4) is 0 Å². The molecule has 0 aliphatic heterocycles. The fourth-order valence-electron chi connectivity index (χ4n) is 1.99. The van der Waals surface area contributed by atoms with Crippen molar-refractivity contribution >= 4 is 0 Å². The first-order chi connectivity index (χ1) is 6.90. The first-order valence-corrected chi connectivity index (χ1v) is 6.51. The molecule has 0 aromatic heterocycles. The fourth-order valence-corrected chi connectivity index (χ4v) is 1.99. The van der Waals surface area contributed by atoms with Crippen LogP contribution in [0.2, 0.25) is 0 Å². The van der Waals surface area contributed by atoms with E-state index in [1.165, 1.54) is 18.4 Å². The second-order valence-corrected chi connectivity index (χ2v) is 5.61. The van der Waals surface area contributed by atoms with E-state index in [1.807, 2.05) is 0 Å². The molecule has 0 amide bonds. The molecule has 0 aromatic carbocycles. The quantitative estimate of drug-likeness (QED) is 0.522. The van der Waals surface area contributed by atoms with E-state index < -0.39 is 0 Å². The van der Waals surface area contributed by atoms with E-state index in [2.05, 4.69) is 54.5 Å². The maximum atomic E-state index is 2.42. The van der Waals surface area contributed by atoms with Crippen molar-refractivity contribution < 1.29 is 0 Å². The minimum Gasteiger partial charge on any atom is -0.0887 e. The van der Waals surface area contributed by atoms with Crippen LogP contribution in [-0.2, 0) is 0 Å². The molecular weight excluding hydrogens is 180 g/mol. The number of hydrogen-bond acceptors (Lipinski definition) is 0. The summed E-state index contributed by atoms with van der Waals surface area (Å²) in [4.78, 5) is 0. The van der Waals surface area contributed by atoms with Gasteiger partial charge >= 0.3 is 0 Å². The minimum absolute atomic E-state index is 0.810. The molecule has 0 fully saturated rings. The summed E-state index contributed by atoms with van der Waals surface area (Å²) < 4.78 is 0. The van der Waals surface area contributed by atoms with Crippen molar-refractivity contribution in [3.05, 3.63) is 11.6 Å². The lowest BCUT2D eigenvalue weighted by atomic mass is 9.77. The van der Waals surface area contributed by atoms with Crippen LogP contribution in [0.25, 0.3) is 0 Å². The highest BCUT2D eigenvalue weighted by Gasteiger charge is 2.21. The van der Waals surface area contributed by atoms with E-state index in [-0.39, 0.29) is 0 Å². The Labute approximate surface area is 97.2 Å². The van der Waals surface area contributed by atoms with Gasteiger partial charge in [-0.05, 0) is 50.4 Å². The van der Waals surface area contributed by atoms with Crippen molar-refractivity contribution in [2.45, 2.75) is 61.3 Å². The second kappa shape index (κ2) is 7.09. The molecule has 0 nitrogen and oxygen atoms in total. The highest BCUT2D eigenvalue weighted by atomic mass is 14.3. The van der Waals surface area contributed by atoms with Crippen LogP contribution in [0.1, 0.15) is 61.3 Å². The van der Waals surface area contributed by atoms with E-state index >= 15 is 0 Å². The average molecular weight is 210 g/mol. The Morgan fingerprint density at radius 3 is 1.93 bits per heavy atom. The average Bonchev–Trinajstić information content (AvgIpc) is 2.22. The summed E-state index contributed by atoms with van der Waals surface area (Å²) in [6.07, 6.45) is 4.85. The Kier molecular flexibility index (Phi) is 6.96. The molecule has 0 radical (unpaired) electrons. The summed E-state index contributed by atoms with van der Waals surface area (Å²) in [6.45, 7) is 16.3. The predicted octanol–water partition coefficient (Wildman–Crippen LogP) is 5.30. The molecule has 0 saturated carbocycles. The zero-order chi connectivity index (χ0) is 12.0. The summed E-state index contributed by atoms with van der Waals surface area (Å²) in [5, 5.41) is 0. The van der Waals surface area contributed by atoms with E-state index in [0.29, 0.717) is 0 Å². The van der Waals surface area contributed by atoms with E-state index in [1.54, 1.807) is 0 Å². The van der Waals surface area contributed by atoms with Crippen molar-refractivity contribution in [2.75, 3.05) is 0 Å². The van der Waals surface area contributed by atoms with Crippen molar-refractivity contribution in [3.63, 3.8) is 0 Å². The molecule has 0 heterocycles. The molecule has 0 saturated heterocycles. The molecule has 15 heavy (non-hydrogen) atoms. The summed E-state index contributed by atoms with van der Waals surface area (Å²) in [6, 6.07) is 0. The molecule has 0 N–H and O–H groups in total. The summed E-state index contributed by atoms with van der Waals surface area (Å²) in [5.41, 5.74) is 1.53. The SMILES string of the molecule is CC=C(C)CCC(C)C(C)C(C)C(C)C. The van der Waals surface area contributed by atoms with Crippen molar-refractivity contribution in [3.8, 4) is 0 Å². The van der Waals surface area contributed by atoms with Gasteiger partial charge in [0, 0.05) is 0 Å². The monoisotopic (exact) mass is 210 g/mol. The summed E-state index contributed by atoms with van der Waals surface area (Å²) >= 11 is 0. The zero-order valence-electron chi connectivity index (χ0n) is 11.8. The van der Waals surface area contributed by atoms with Crippen LogP contribution >= 0.6 is 0 Å². The maximum Gasteiger partial charge on any atom is -0.0321 e. The maximum absolute atomic E-state index is 2.42. The van der Waals surface area contributed by atoms with Crippen molar-refractivity contribution in [1.29, 1.82) is 0 Å². The lowest BCUT2D eigenvalue weighted by Gasteiger charge is -2.29. The third-order valence-corrected chi connectivity index (χ3v) is 4.27. The van der Waals surface area contributed by atoms with Gasteiger partial charge in [-0.15, -0.1) is 0 Å². The Bertz CT molecular complexity index is 188. The Morgan fingerprint density at radius 1 is 1.00 bits per heavy atom. The Hall–Kier alpha value is -0.260. The van der Waals surface area contributed by atoms with Crippen LogP contribution in [0, 0.1) is 23.7 Å². The van der Waals surface area contributed by atoms with Gasteiger partial charge in [0.15, 0.2) is 0 Å². The highest BCUT2D eigenvalue weighted by Crippen LogP contribution is 2.29. The van der Waals surface area contributed by atoms with Gasteiger partial charge in [0.1, 0.15) is 0 Å². The summed E-state index contributed by atoms with van der Waals surface area (Å²) in [7, 11) is 0.